The van der Waals surface area contributed by atoms with Crippen molar-refractivity contribution in [2.45, 2.75) is 18.9 Å². The first-order chi connectivity index (χ1) is 13.6. The van der Waals surface area contributed by atoms with E-state index in [4.69, 9.17) is 10.00 Å². The molecule has 1 N–H and O–H groups in total. The Morgan fingerprint density at radius 1 is 1.14 bits per heavy atom. The summed E-state index contributed by atoms with van der Waals surface area (Å²) in [6.45, 7) is 0.781. The maximum atomic E-state index is 13.8. The van der Waals surface area contributed by atoms with Crippen molar-refractivity contribution in [3.63, 3.8) is 0 Å². The van der Waals surface area contributed by atoms with Crippen LogP contribution in [0.25, 0.3) is 0 Å². The van der Waals surface area contributed by atoms with Gasteiger partial charge in [-0.3, -0.25) is 9.59 Å². The molecule has 144 valence electrons. The average Bonchev–Trinajstić information content (AvgIpc) is 2.73. The molecular weight excluding hydrogens is 361 g/mol. The van der Waals surface area contributed by atoms with Crippen LogP contribution in [0.1, 0.15) is 28.8 Å². The van der Waals surface area contributed by atoms with Crippen LogP contribution in [0.2, 0.25) is 0 Å². The van der Waals surface area contributed by atoms with Gasteiger partial charge in [-0.25, -0.2) is 4.39 Å². The molecule has 2 aromatic rings. The lowest BCUT2D eigenvalue weighted by atomic mass is 10.0. The summed E-state index contributed by atoms with van der Waals surface area (Å²) in [6, 6.07) is 14.4. The highest BCUT2D eigenvalue weighted by molar-refractivity contribution is 5.94. The maximum absolute atomic E-state index is 13.8. The molecule has 0 aromatic heterocycles. The Labute approximate surface area is 162 Å². The highest BCUT2D eigenvalue weighted by Gasteiger charge is 2.25. The van der Waals surface area contributed by atoms with Crippen LogP contribution in [-0.4, -0.2) is 42.5 Å². The Morgan fingerprint density at radius 2 is 1.82 bits per heavy atom. The third-order valence-electron chi connectivity index (χ3n) is 4.60. The summed E-state index contributed by atoms with van der Waals surface area (Å²) in [4.78, 5) is 26.1. The monoisotopic (exact) mass is 381 g/mol. The Morgan fingerprint density at radius 3 is 2.46 bits per heavy atom. The molecule has 0 radical (unpaired) electrons. The van der Waals surface area contributed by atoms with Gasteiger partial charge in [0.2, 0.25) is 0 Å². The molecule has 0 spiro atoms. The summed E-state index contributed by atoms with van der Waals surface area (Å²) in [5.41, 5.74) is 0.592. The van der Waals surface area contributed by atoms with Gasteiger partial charge in [-0.05, 0) is 49.2 Å². The SMILES string of the molecule is N#Cc1ccc(OCC(=O)NC2CCN(C(=O)c3ccccc3F)CC2)cc1. The van der Waals surface area contributed by atoms with E-state index in [-0.39, 0.29) is 30.0 Å². The largest absolute Gasteiger partial charge is 0.484 e. The van der Waals surface area contributed by atoms with E-state index >= 15 is 0 Å². The van der Waals surface area contributed by atoms with E-state index in [1.165, 1.54) is 12.1 Å². The molecule has 0 atom stereocenters. The smallest absolute Gasteiger partial charge is 0.258 e. The van der Waals surface area contributed by atoms with Crippen molar-refractivity contribution in [3.05, 3.63) is 65.5 Å². The van der Waals surface area contributed by atoms with Crippen LogP contribution in [0.15, 0.2) is 48.5 Å². The molecule has 3 rings (SSSR count). The van der Waals surface area contributed by atoms with Crippen molar-refractivity contribution in [1.29, 1.82) is 5.26 Å². The first-order valence-corrected chi connectivity index (χ1v) is 9.03. The van der Waals surface area contributed by atoms with Crippen LogP contribution in [0.5, 0.6) is 5.75 Å². The van der Waals surface area contributed by atoms with Crippen LogP contribution in [-0.2, 0) is 4.79 Å². The molecule has 0 bridgehead atoms. The van der Waals surface area contributed by atoms with Crippen molar-refractivity contribution < 1.29 is 18.7 Å². The molecular formula is C21H20FN3O3. The number of hydrogen-bond donors (Lipinski definition) is 1. The van der Waals surface area contributed by atoms with Gasteiger partial charge in [0.25, 0.3) is 11.8 Å². The standard InChI is InChI=1S/C21H20FN3O3/c22-19-4-2-1-3-18(19)21(27)25-11-9-16(10-12-25)24-20(26)14-28-17-7-5-15(13-23)6-8-17/h1-8,16H,9-12,14H2,(H,24,26). The summed E-state index contributed by atoms with van der Waals surface area (Å²) in [7, 11) is 0. The molecule has 0 unspecified atom stereocenters. The first-order valence-electron chi connectivity index (χ1n) is 9.03. The fourth-order valence-electron chi connectivity index (χ4n) is 3.08. The van der Waals surface area contributed by atoms with Crippen molar-refractivity contribution in [2.24, 2.45) is 0 Å². The number of hydrogen-bond acceptors (Lipinski definition) is 4. The molecule has 2 amide bonds. The molecule has 1 aliphatic heterocycles. The number of nitriles is 1. The minimum Gasteiger partial charge on any atom is -0.484 e. The second-order valence-electron chi connectivity index (χ2n) is 6.54. The van der Waals surface area contributed by atoms with E-state index < -0.39 is 5.82 Å². The number of nitrogens with zero attached hydrogens (tertiary/aromatic N) is 2. The Kier molecular flexibility index (Phi) is 6.22. The number of benzene rings is 2. The van der Waals surface area contributed by atoms with Gasteiger partial charge in [0.05, 0.1) is 17.2 Å². The Hall–Kier alpha value is -3.40. The zero-order chi connectivity index (χ0) is 19.9. The predicted molar refractivity (Wildman–Crippen MR) is 100 cm³/mol. The molecule has 1 heterocycles. The van der Waals surface area contributed by atoms with Crippen LogP contribution < -0.4 is 10.1 Å². The maximum Gasteiger partial charge on any atom is 0.258 e. The Balaban J connectivity index is 1.43. The van der Waals surface area contributed by atoms with E-state index in [1.54, 1.807) is 41.3 Å². The number of halogens is 1. The topological polar surface area (TPSA) is 82.4 Å². The molecule has 2 aromatic carbocycles. The fraction of sp³-hybridized carbons (Fsp3) is 0.286. The summed E-state index contributed by atoms with van der Waals surface area (Å²) < 4.78 is 19.2. The fourth-order valence-corrected chi connectivity index (χ4v) is 3.08. The molecule has 1 aliphatic rings. The van der Waals surface area contributed by atoms with E-state index in [2.05, 4.69) is 5.32 Å². The molecule has 7 heteroatoms. The minimum atomic E-state index is -0.525. The minimum absolute atomic E-state index is 0.0539. The van der Waals surface area contributed by atoms with Gasteiger partial charge in [-0.1, -0.05) is 12.1 Å². The number of ether oxygens (including phenoxy) is 1. The lowest BCUT2D eigenvalue weighted by Crippen LogP contribution is -2.47. The lowest BCUT2D eigenvalue weighted by Gasteiger charge is -2.32. The summed E-state index contributed by atoms with van der Waals surface area (Å²) >= 11 is 0. The number of rotatable bonds is 5. The quantitative estimate of drug-likeness (QED) is 0.863. The van der Waals surface area contributed by atoms with Crippen LogP contribution >= 0.6 is 0 Å². The van der Waals surface area contributed by atoms with Gasteiger partial charge < -0.3 is 15.0 Å². The third kappa shape index (κ3) is 4.86. The van der Waals surface area contributed by atoms with E-state index in [0.717, 1.165) is 0 Å². The molecule has 1 saturated heterocycles. The predicted octanol–water partition coefficient (Wildman–Crippen LogP) is 2.50. The lowest BCUT2D eigenvalue weighted by molar-refractivity contribution is -0.124. The molecule has 0 aliphatic carbocycles. The number of carbonyl (C=O) groups is 2. The summed E-state index contributed by atoms with van der Waals surface area (Å²) in [5.74, 6) is -0.586. The highest BCUT2D eigenvalue weighted by atomic mass is 19.1. The van der Waals surface area contributed by atoms with Crippen molar-refractivity contribution >= 4 is 11.8 Å². The Bertz CT molecular complexity index is 885. The number of nitrogens with one attached hydrogen (secondary N) is 1. The van der Waals surface area contributed by atoms with Gasteiger partial charge in [-0.15, -0.1) is 0 Å². The van der Waals surface area contributed by atoms with Gasteiger partial charge >= 0.3 is 0 Å². The third-order valence-corrected chi connectivity index (χ3v) is 4.60. The highest BCUT2D eigenvalue weighted by Crippen LogP contribution is 2.16. The zero-order valence-corrected chi connectivity index (χ0v) is 15.2. The van der Waals surface area contributed by atoms with Gasteiger partial charge in [0.1, 0.15) is 11.6 Å². The first kappa shape index (κ1) is 19.4. The van der Waals surface area contributed by atoms with Gasteiger partial charge in [-0.2, -0.15) is 5.26 Å². The van der Waals surface area contributed by atoms with Crippen molar-refractivity contribution in [2.75, 3.05) is 19.7 Å². The van der Waals surface area contributed by atoms with Gasteiger partial charge in [0.15, 0.2) is 6.61 Å². The van der Waals surface area contributed by atoms with Gasteiger partial charge in [0, 0.05) is 19.1 Å². The summed E-state index contributed by atoms with van der Waals surface area (Å²) in [6.07, 6.45) is 1.20. The van der Waals surface area contributed by atoms with E-state index in [9.17, 15) is 14.0 Å². The van der Waals surface area contributed by atoms with E-state index in [1.807, 2.05) is 6.07 Å². The second-order valence-corrected chi connectivity index (χ2v) is 6.54. The number of likely N-dealkylation sites (tertiary alicyclic amines) is 1. The van der Waals surface area contributed by atoms with Crippen LogP contribution in [0, 0.1) is 17.1 Å². The normalized spacial score (nSPS) is 14.2. The molecule has 0 saturated carbocycles. The van der Waals surface area contributed by atoms with Crippen LogP contribution in [0.3, 0.4) is 0 Å². The molecule has 28 heavy (non-hydrogen) atoms. The molecule has 6 nitrogen and oxygen atoms in total. The van der Waals surface area contributed by atoms with Crippen molar-refractivity contribution in [3.8, 4) is 11.8 Å². The summed E-state index contributed by atoms with van der Waals surface area (Å²) in [5, 5.41) is 11.7. The zero-order valence-electron chi connectivity index (χ0n) is 15.2. The number of amides is 2. The van der Waals surface area contributed by atoms with Crippen molar-refractivity contribution in [1.82, 2.24) is 10.2 Å². The number of carbonyl (C=O) groups excluding carboxylic acids is 2. The second kappa shape index (κ2) is 9.00. The number of piperidine rings is 1. The average molecular weight is 381 g/mol. The van der Waals surface area contributed by atoms with E-state index in [0.29, 0.717) is 37.2 Å². The molecule has 1 fully saturated rings. The van der Waals surface area contributed by atoms with Crippen LogP contribution in [0.4, 0.5) is 4.39 Å².